The monoisotopic (exact) mass is 753 g/mol. The van der Waals surface area contributed by atoms with E-state index < -0.39 is 18.0 Å². The minimum absolute atomic E-state index is 0.136. The Kier molecular flexibility index (Phi) is 11.5. The number of aryl methyl sites for hydroxylation is 1. The molecule has 280 valence electrons. The summed E-state index contributed by atoms with van der Waals surface area (Å²) in [6.45, 7) is 9.57. The fourth-order valence-electron chi connectivity index (χ4n) is 6.34. The van der Waals surface area contributed by atoms with Crippen molar-refractivity contribution in [1.29, 1.82) is 0 Å². The maximum absolute atomic E-state index is 14.4. The Morgan fingerprint density at radius 3 is 2.41 bits per heavy atom. The lowest BCUT2D eigenvalue weighted by Gasteiger charge is -2.25. The molecule has 3 heterocycles. The average molecular weight is 754 g/mol. The summed E-state index contributed by atoms with van der Waals surface area (Å²) >= 11 is 1.23. The number of benzene rings is 3. The minimum atomic E-state index is -0.884. The molecular weight excluding hydrogens is 714 g/mol. The molecule has 3 aromatic carbocycles. The van der Waals surface area contributed by atoms with Crippen LogP contribution >= 0.6 is 11.3 Å². The predicted molar refractivity (Wildman–Crippen MR) is 201 cm³/mol. The number of ether oxygens (including phenoxy) is 5. The molecule has 1 aliphatic rings. The number of hydrogen-bond donors (Lipinski definition) is 0. The number of methoxy groups -OCH3 is 1. The van der Waals surface area contributed by atoms with Gasteiger partial charge in [-0.2, -0.15) is 0 Å². The molecule has 13 heteroatoms. The molecule has 0 saturated carbocycles. The van der Waals surface area contributed by atoms with E-state index in [1.807, 2.05) is 63.2 Å². The Balaban J connectivity index is 1.37. The van der Waals surface area contributed by atoms with Crippen molar-refractivity contribution in [3.05, 3.63) is 138 Å². The van der Waals surface area contributed by atoms with Crippen LogP contribution in [0.3, 0.4) is 0 Å². The first-order valence-corrected chi connectivity index (χ1v) is 18.2. The highest BCUT2D eigenvalue weighted by molar-refractivity contribution is 7.07. The van der Waals surface area contributed by atoms with E-state index in [-0.39, 0.29) is 36.8 Å². The molecule has 0 N–H and O–H groups in total. The Morgan fingerprint density at radius 2 is 1.70 bits per heavy atom. The first-order valence-electron chi connectivity index (χ1n) is 17.4. The van der Waals surface area contributed by atoms with Gasteiger partial charge in [-0.05, 0) is 112 Å². The summed E-state index contributed by atoms with van der Waals surface area (Å²) in [7, 11) is 1.27. The van der Waals surface area contributed by atoms with Crippen molar-refractivity contribution < 1.29 is 37.7 Å². The molecule has 0 fully saturated rings. The van der Waals surface area contributed by atoms with Gasteiger partial charge < -0.3 is 28.3 Å². The SMILES string of the molecule is CCOC(=O)C1=C(C)N=c2s/c(=C/c3cc(C)n(-c4ccc(OCc5cccc(F)c5)cc4)c3C)c(=O)n2[C@H]1c1ccc(OCC(=O)OC)c(OCC)c1. The highest BCUT2D eigenvalue weighted by Gasteiger charge is 2.34. The average Bonchev–Trinajstić information content (AvgIpc) is 3.62. The van der Waals surface area contributed by atoms with Crippen molar-refractivity contribution >= 4 is 29.4 Å². The standard InChI is InChI=1S/C41H40FN3O8S/c1-7-50-34-20-28(12-17-33(34)53-23-36(46)49-6)38-37(40(48)51-8-2)25(4)43-41-45(38)39(47)35(54-41)21-29-18-24(3)44(26(29)5)31-13-15-32(16-14-31)52-22-27-10-9-11-30(42)19-27/h9-21,38H,7-8,22-23H2,1-6H3/b35-21+/t38-/m0/s1. The second kappa shape index (κ2) is 16.4. The van der Waals surface area contributed by atoms with Crippen LogP contribution in [0.15, 0.2) is 93.9 Å². The molecule has 54 heavy (non-hydrogen) atoms. The zero-order chi connectivity index (χ0) is 38.5. The van der Waals surface area contributed by atoms with Crippen molar-refractivity contribution in [3.8, 4) is 22.9 Å². The van der Waals surface area contributed by atoms with Gasteiger partial charge in [-0.1, -0.05) is 29.5 Å². The Labute approximate surface area is 315 Å². The normalized spacial score (nSPS) is 14.0. The van der Waals surface area contributed by atoms with Gasteiger partial charge in [0.25, 0.3) is 5.56 Å². The number of aromatic nitrogens is 2. The van der Waals surface area contributed by atoms with E-state index in [1.165, 1.54) is 35.1 Å². The summed E-state index contributed by atoms with van der Waals surface area (Å²) in [6.07, 6.45) is 1.84. The van der Waals surface area contributed by atoms with Crippen molar-refractivity contribution in [2.75, 3.05) is 26.9 Å². The minimum Gasteiger partial charge on any atom is -0.490 e. The second-order valence-corrected chi connectivity index (χ2v) is 13.4. The van der Waals surface area contributed by atoms with Crippen molar-refractivity contribution in [2.45, 2.75) is 47.3 Å². The van der Waals surface area contributed by atoms with Crippen LogP contribution in [0.25, 0.3) is 11.8 Å². The van der Waals surface area contributed by atoms with Crippen LogP contribution in [0.1, 0.15) is 54.9 Å². The van der Waals surface area contributed by atoms with Gasteiger partial charge >= 0.3 is 11.9 Å². The molecule has 0 aliphatic carbocycles. The summed E-state index contributed by atoms with van der Waals surface area (Å²) in [5, 5.41) is 0. The number of carbonyl (C=O) groups excluding carboxylic acids is 2. The fraction of sp³-hybridized carbons (Fsp3) is 0.268. The van der Waals surface area contributed by atoms with Gasteiger partial charge in [0.2, 0.25) is 0 Å². The number of fused-ring (bicyclic) bond motifs is 1. The number of halogens is 1. The molecule has 0 unspecified atom stereocenters. The maximum atomic E-state index is 14.4. The van der Waals surface area contributed by atoms with E-state index in [4.69, 9.17) is 28.7 Å². The number of allylic oxidation sites excluding steroid dienone is 1. The van der Waals surface area contributed by atoms with Crippen LogP contribution in [0.4, 0.5) is 4.39 Å². The summed E-state index contributed by atoms with van der Waals surface area (Å²) in [6, 6.07) is 20.1. The van der Waals surface area contributed by atoms with Crippen LogP contribution in [0, 0.1) is 19.7 Å². The highest BCUT2D eigenvalue weighted by atomic mass is 32.1. The van der Waals surface area contributed by atoms with Gasteiger partial charge in [0.15, 0.2) is 22.9 Å². The zero-order valence-corrected chi connectivity index (χ0v) is 31.6. The molecule has 1 aliphatic heterocycles. The van der Waals surface area contributed by atoms with E-state index >= 15 is 0 Å². The van der Waals surface area contributed by atoms with Crippen LogP contribution in [-0.4, -0.2) is 48.0 Å². The third-order valence-corrected chi connectivity index (χ3v) is 9.80. The van der Waals surface area contributed by atoms with E-state index in [9.17, 15) is 18.8 Å². The van der Waals surface area contributed by atoms with Crippen LogP contribution in [0.2, 0.25) is 0 Å². The summed E-state index contributed by atoms with van der Waals surface area (Å²) < 4.78 is 45.2. The Hall–Kier alpha value is -5.95. The van der Waals surface area contributed by atoms with Crippen LogP contribution in [-0.2, 0) is 25.7 Å². The number of carbonyl (C=O) groups is 2. The molecule has 6 rings (SSSR count). The summed E-state index contributed by atoms with van der Waals surface area (Å²) in [5.41, 5.74) is 5.24. The highest BCUT2D eigenvalue weighted by Crippen LogP contribution is 2.36. The molecule has 5 aromatic rings. The van der Waals surface area contributed by atoms with Crippen molar-refractivity contribution in [1.82, 2.24) is 9.13 Å². The Morgan fingerprint density at radius 1 is 0.926 bits per heavy atom. The smallest absolute Gasteiger partial charge is 0.343 e. The summed E-state index contributed by atoms with van der Waals surface area (Å²) in [4.78, 5) is 44.7. The maximum Gasteiger partial charge on any atom is 0.343 e. The van der Waals surface area contributed by atoms with Crippen molar-refractivity contribution in [2.24, 2.45) is 4.99 Å². The third-order valence-electron chi connectivity index (χ3n) is 8.82. The number of thiazole rings is 1. The second-order valence-electron chi connectivity index (χ2n) is 12.4. The molecule has 0 bridgehead atoms. The van der Waals surface area contributed by atoms with Crippen LogP contribution < -0.4 is 29.1 Å². The number of nitrogens with zero attached hydrogens (tertiary/aromatic N) is 3. The first kappa shape index (κ1) is 37.8. The van der Waals surface area contributed by atoms with E-state index in [0.717, 1.165) is 28.2 Å². The first-order chi connectivity index (χ1) is 26.0. The number of esters is 2. The van der Waals surface area contributed by atoms with Gasteiger partial charge in [0, 0.05) is 17.1 Å². The quantitative estimate of drug-likeness (QED) is 0.137. The van der Waals surface area contributed by atoms with Gasteiger partial charge in [-0.3, -0.25) is 9.36 Å². The molecule has 1 atom stereocenters. The predicted octanol–water partition coefficient (Wildman–Crippen LogP) is 5.87. The van der Waals surface area contributed by atoms with E-state index in [1.54, 1.807) is 38.1 Å². The third kappa shape index (κ3) is 7.86. The lowest BCUT2D eigenvalue weighted by atomic mass is 9.95. The lowest BCUT2D eigenvalue weighted by Crippen LogP contribution is -2.40. The molecule has 0 amide bonds. The van der Waals surface area contributed by atoms with Gasteiger partial charge in [-0.15, -0.1) is 0 Å². The topological polar surface area (TPSA) is 120 Å². The molecule has 0 spiro atoms. The fourth-order valence-corrected chi connectivity index (χ4v) is 7.38. The van der Waals surface area contributed by atoms with Gasteiger partial charge in [-0.25, -0.2) is 19.0 Å². The molecule has 0 saturated heterocycles. The van der Waals surface area contributed by atoms with Gasteiger partial charge in [0.05, 0.1) is 42.2 Å². The largest absolute Gasteiger partial charge is 0.490 e. The van der Waals surface area contributed by atoms with Gasteiger partial charge in [0.1, 0.15) is 18.2 Å². The molecule has 0 radical (unpaired) electrons. The molecule has 11 nitrogen and oxygen atoms in total. The Bertz CT molecular complexity index is 2430. The number of hydrogen-bond acceptors (Lipinski definition) is 10. The molecular formula is C41H40FN3O8S. The number of rotatable bonds is 13. The zero-order valence-electron chi connectivity index (χ0n) is 30.8. The molecule has 2 aromatic heterocycles. The van der Waals surface area contributed by atoms with Crippen molar-refractivity contribution in [3.63, 3.8) is 0 Å². The summed E-state index contributed by atoms with van der Waals surface area (Å²) in [5.74, 6) is -0.168. The lowest BCUT2D eigenvalue weighted by molar-refractivity contribution is -0.143. The van der Waals surface area contributed by atoms with E-state index in [0.29, 0.717) is 44.4 Å². The van der Waals surface area contributed by atoms with Crippen LogP contribution in [0.5, 0.6) is 17.2 Å². The van der Waals surface area contributed by atoms with E-state index in [2.05, 4.69) is 4.57 Å².